The molecule has 188 valence electrons. The SMILES string of the molecule is CC(C)(C)OC(=O)CCC(NC(=O)c1ccc(-c2ccc(N)cc2)cc1)C(=O)NCc1ccccc1. The first-order chi connectivity index (χ1) is 17.1. The van der Waals surface area contributed by atoms with Gasteiger partial charge in [-0.3, -0.25) is 14.4 Å². The Morgan fingerprint density at radius 3 is 2.03 bits per heavy atom. The summed E-state index contributed by atoms with van der Waals surface area (Å²) in [4.78, 5) is 38.2. The van der Waals surface area contributed by atoms with Gasteiger partial charge in [-0.05, 0) is 68.1 Å². The molecule has 3 aromatic rings. The van der Waals surface area contributed by atoms with Gasteiger partial charge in [-0.1, -0.05) is 54.6 Å². The van der Waals surface area contributed by atoms with Crippen molar-refractivity contribution < 1.29 is 19.1 Å². The van der Waals surface area contributed by atoms with Gasteiger partial charge in [0.1, 0.15) is 11.6 Å². The zero-order valence-corrected chi connectivity index (χ0v) is 20.9. The van der Waals surface area contributed by atoms with Crippen molar-refractivity contribution in [2.45, 2.75) is 51.8 Å². The molecule has 0 aliphatic carbocycles. The number of nitrogens with two attached hydrogens (primary N) is 1. The molecule has 4 N–H and O–H groups in total. The van der Waals surface area contributed by atoms with Crippen LogP contribution in [0.1, 0.15) is 49.5 Å². The van der Waals surface area contributed by atoms with Crippen LogP contribution in [0.3, 0.4) is 0 Å². The molecule has 3 rings (SSSR count). The van der Waals surface area contributed by atoms with Gasteiger partial charge >= 0.3 is 5.97 Å². The summed E-state index contributed by atoms with van der Waals surface area (Å²) in [5, 5.41) is 5.63. The summed E-state index contributed by atoms with van der Waals surface area (Å²) in [7, 11) is 0. The lowest BCUT2D eigenvalue weighted by atomic mass is 10.0. The molecule has 0 spiro atoms. The van der Waals surface area contributed by atoms with Crippen molar-refractivity contribution in [2.75, 3.05) is 5.73 Å². The van der Waals surface area contributed by atoms with Crippen LogP contribution in [0.4, 0.5) is 5.69 Å². The van der Waals surface area contributed by atoms with E-state index in [1.807, 2.05) is 66.7 Å². The monoisotopic (exact) mass is 487 g/mol. The molecular formula is C29H33N3O4. The van der Waals surface area contributed by atoms with Crippen molar-refractivity contribution in [3.05, 3.63) is 90.0 Å². The van der Waals surface area contributed by atoms with Crippen molar-refractivity contribution in [1.82, 2.24) is 10.6 Å². The Morgan fingerprint density at radius 2 is 1.44 bits per heavy atom. The molecule has 1 atom stereocenters. The Hall–Kier alpha value is -4.13. The third kappa shape index (κ3) is 8.27. The molecule has 0 fully saturated rings. The van der Waals surface area contributed by atoms with Crippen LogP contribution in [-0.4, -0.2) is 29.4 Å². The van der Waals surface area contributed by atoms with Gasteiger partial charge in [0.2, 0.25) is 5.91 Å². The standard InChI is InChI=1S/C29H33N3O4/c1-29(2,3)36-26(33)18-17-25(28(35)31-19-20-7-5-4-6-8-20)32-27(34)23-11-9-21(10-12-23)22-13-15-24(30)16-14-22/h4-16,25H,17-19,30H2,1-3H3,(H,31,35)(H,32,34). The van der Waals surface area contributed by atoms with E-state index in [9.17, 15) is 14.4 Å². The highest BCUT2D eigenvalue weighted by atomic mass is 16.6. The lowest BCUT2D eigenvalue weighted by molar-refractivity contribution is -0.155. The quantitative estimate of drug-likeness (QED) is 0.305. The number of nitrogens with one attached hydrogen (secondary N) is 2. The number of anilines is 1. The molecule has 7 nitrogen and oxygen atoms in total. The molecule has 0 heterocycles. The molecule has 3 aromatic carbocycles. The second-order valence-electron chi connectivity index (χ2n) is 9.55. The molecule has 0 radical (unpaired) electrons. The molecule has 36 heavy (non-hydrogen) atoms. The smallest absolute Gasteiger partial charge is 0.306 e. The third-order valence-electron chi connectivity index (χ3n) is 5.38. The maximum absolute atomic E-state index is 13.0. The average Bonchev–Trinajstić information content (AvgIpc) is 2.85. The maximum Gasteiger partial charge on any atom is 0.306 e. The maximum atomic E-state index is 13.0. The molecule has 2 amide bonds. The van der Waals surface area contributed by atoms with Gasteiger partial charge in [0.25, 0.3) is 5.91 Å². The van der Waals surface area contributed by atoms with E-state index in [0.29, 0.717) is 17.8 Å². The van der Waals surface area contributed by atoms with E-state index in [0.717, 1.165) is 16.7 Å². The van der Waals surface area contributed by atoms with Gasteiger partial charge < -0.3 is 21.1 Å². The van der Waals surface area contributed by atoms with Crippen LogP contribution in [0.25, 0.3) is 11.1 Å². The lowest BCUT2D eigenvalue weighted by Gasteiger charge is -2.21. The second kappa shape index (κ2) is 12.0. The van der Waals surface area contributed by atoms with E-state index >= 15 is 0 Å². The Kier molecular flexibility index (Phi) is 8.84. The third-order valence-corrected chi connectivity index (χ3v) is 5.38. The van der Waals surface area contributed by atoms with Crippen molar-refractivity contribution in [2.24, 2.45) is 0 Å². The molecular weight excluding hydrogens is 454 g/mol. The molecule has 0 aliphatic heterocycles. The summed E-state index contributed by atoms with van der Waals surface area (Å²) in [6.45, 7) is 5.66. The van der Waals surface area contributed by atoms with Gasteiger partial charge in [0.15, 0.2) is 0 Å². The van der Waals surface area contributed by atoms with E-state index in [2.05, 4.69) is 10.6 Å². The second-order valence-corrected chi connectivity index (χ2v) is 9.55. The Balaban J connectivity index is 1.68. The lowest BCUT2D eigenvalue weighted by Crippen LogP contribution is -2.47. The molecule has 1 unspecified atom stereocenters. The minimum atomic E-state index is -0.898. The summed E-state index contributed by atoms with van der Waals surface area (Å²) in [6.07, 6.45) is 0.113. The normalized spacial score (nSPS) is 11.9. The van der Waals surface area contributed by atoms with Gasteiger partial charge in [0, 0.05) is 24.2 Å². The first kappa shape index (κ1) is 26.5. The topological polar surface area (TPSA) is 111 Å². The molecule has 0 aromatic heterocycles. The summed E-state index contributed by atoms with van der Waals surface area (Å²) in [5.74, 6) is -1.19. The minimum absolute atomic E-state index is 0.00293. The fourth-order valence-corrected chi connectivity index (χ4v) is 3.56. The van der Waals surface area contributed by atoms with E-state index in [1.54, 1.807) is 32.9 Å². The Bertz CT molecular complexity index is 1170. The number of hydrogen-bond donors (Lipinski definition) is 3. The van der Waals surface area contributed by atoms with Crippen molar-refractivity contribution in [3.8, 4) is 11.1 Å². The summed E-state index contributed by atoms with van der Waals surface area (Å²) < 4.78 is 5.36. The van der Waals surface area contributed by atoms with Crippen molar-refractivity contribution >= 4 is 23.5 Å². The highest BCUT2D eigenvalue weighted by Crippen LogP contribution is 2.21. The van der Waals surface area contributed by atoms with Crippen LogP contribution in [0.5, 0.6) is 0 Å². The van der Waals surface area contributed by atoms with Gasteiger partial charge in [-0.25, -0.2) is 0 Å². The number of carbonyl (C=O) groups excluding carboxylic acids is 3. The molecule has 0 saturated heterocycles. The first-order valence-corrected chi connectivity index (χ1v) is 11.9. The van der Waals surface area contributed by atoms with Crippen LogP contribution in [0.2, 0.25) is 0 Å². The summed E-state index contributed by atoms with van der Waals surface area (Å²) in [5.41, 5.74) is 9.06. The van der Waals surface area contributed by atoms with E-state index in [-0.39, 0.29) is 18.7 Å². The van der Waals surface area contributed by atoms with Crippen LogP contribution < -0.4 is 16.4 Å². The van der Waals surface area contributed by atoms with Gasteiger partial charge in [-0.15, -0.1) is 0 Å². The van der Waals surface area contributed by atoms with Crippen LogP contribution in [-0.2, 0) is 20.9 Å². The predicted octanol–water partition coefficient (Wildman–Crippen LogP) is 4.47. The van der Waals surface area contributed by atoms with Crippen LogP contribution >= 0.6 is 0 Å². The highest BCUT2D eigenvalue weighted by molar-refractivity contribution is 5.98. The van der Waals surface area contributed by atoms with Crippen molar-refractivity contribution in [1.29, 1.82) is 0 Å². The van der Waals surface area contributed by atoms with Gasteiger partial charge in [-0.2, -0.15) is 0 Å². The minimum Gasteiger partial charge on any atom is -0.460 e. The number of rotatable bonds is 9. The Morgan fingerprint density at radius 1 is 0.861 bits per heavy atom. The van der Waals surface area contributed by atoms with E-state index < -0.39 is 23.5 Å². The predicted molar refractivity (Wildman–Crippen MR) is 141 cm³/mol. The van der Waals surface area contributed by atoms with Crippen LogP contribution in [0, 0.1) is 0 Å². The number of hydrogen-bond acceptors (Lipinski definition) is 5. The number of carbonyl (C=O) groups is 3. The summed E-state index contributed by atoms with van der Waals surface area (Å²) >= 11 is 0. The Labute approximate surface area is 212 Å². The van der Waals surface area contributed by atoms with E-state index in [4.69, 9.17) is 10.5 Å². The van der Waals surface area contributed by atoms with Gasteiger partial charge in [0.05, 0.1) is 0 Å². The zero-order chi connectivity index (χ0) is 26.1. The number of nitrogen functional groups attached to an aromatic ring is 1. The van der Waals surface area contributed by atoms with Crippen molar-refractivity contribution in [3.63, 3.8) is 0 Å². The number of ether oxygens (including phenoxy) is 1. The average molecular weight is 488 g/mol. The molecule has 0 aliphatic rings. The number of esters is 1. The molecule has 0 bridgehead atoms. The highest BCUT2D eigenvalue weighted by Gasteiger charge is 2.24. The number of benzene rings is 3. The zero-order valence-electron chi connectivity index (χ0n) is 20.9. The number of amides is 2. The molecule has 7 heteroatoms. The first-order valence-electron chi connectivity index (χ1n) is 11.9. The van der Waals surface area contributed by atoms with E-state index in [1.165, 1.54) is 0 Å². The molecule has 0 saturated carbocycles. The fourth-order valence-electron chi connectivity index (χ4n) is 3.56. The fraction of sp³-hybridized carbons (Fsp3) is 0.276. The van der Waals surface area contributed by atoms with Crippen LogP contribution in [0.15, 0.2) is 78.9 Å². The summed E-state index contributed by atoms with van der Waals surface area (Å²) in [6, 6.07) is 23.1. The largest absolute Gasteiger partial charge is 0.460 e.